The van der Waals surface area contributed by atoms with Gasteiger partial charge in [0.1, 0.15) is 5.69 Å². The molecule has 0 bridgehead atoms. The van der Waals surface area contributed by atoms with Gasteiger partial charge in [0.2, 0.25) is 5.92 Å². The van der Waals surface area contributed by atoms with E-state index in [4.69, 9.17) is 0 Å². The Morgan fingerprint density at radius 3 is 2.92 bits per heavy atom. The van der Waals surface area contributed by atoms with Crippen molar-refractivity contribution in [2.75, 3.05) is 5.32 Å². The first-order chi connectivity index (χ1) is 11.9. The van der Waals surface area contributed by atoms with E-state index in [1.54, 1.807) is 12.3 Å². The Kier molecular flexibility index (Phi) is 3.41. The number of fused-ring (bicyclic) bond motifs is 1. The number of aromatic amines is 2. The van der Waals surface area contributed by atoms with E-state index in [2.05, 4.69) is 25.4 Å². The zero-order valence-corrected chi connectivity index (χ0v) is 12.9. The summed E-state index contributed by atoms with van der Waals surface area (Å²) in [7, 11) is 0. The minimum absolute atomic E-state index is 0.160. The van der Waals surface area contributed by atoms with E-state index in [0.29, 0.717) is 17.8 Å². The molecule has 1 aliphatic rings. The molecule has 3 aromatic rings. The van der Waals surface area contributed by atoms with Crippen LogP contribution in [0.1, 0.15) is 19.3 Å². The number of alkyl halides is 2. The predicted octanol–water partition coefficient (Wildman–Crippen LogP) is 1.37. The molecule has 130 valence electrons. The van der Waals surface area contributed by atoms with Crippen molar-refractivity contribution in [1.82, 2.24) is 24.6 Å². The normalized spacial score (nSPS) is 19.4. The molecule has 10 heteroatoms. The number of imidazole rings is 1. The van der Waals surface area contributed by atoms with Crippen LogP contribution in [0.5, 0.6) is 0 Å². The summed E-state index contributed by atoms with van der Waals surface area (Å²) in [6.45, 7) is 0. The summed E-state index contributed by atoms with van der Waals surface area (Å²) in [5.74, 6) is -2.67. The lowest BCUT2D eigenvalue weighted by molar-refractivity contribution is 0.00852. The van der Waals surface area contributed by atoms with Crippen molar-refractivity contribution in [2.45, 2.75) is 31.2 Å². The molecule has 0 aromatic carbocycles. The summed E-state index contributed by atoms with van der Waals surface area (Å²) in [4.78, 5) is 31.9. The quantitative estimate of drug-likeness (QED) is 0.663. The number of halogens is 2. The third kappa shape index (κ3) is 2.90. The molecule has 1 unspecified atom stereocenters. The van der Waals surface area contributed by atoms with Gasteiger partial charge in [0.05, 0.1) is 11.3 Å². The Morgan fingerprint density at radius 1 is 1.36 bits per heavy atom. The van der Waals surface area contributed by atoms with E-state index in [1.165, 1.54) is 16.9 Å². The fraction of sp³-hybridized carbons (Fsp3) is 0.333. The summed E-state index contributed by atoms with van der Waals surface area (Å²) in [5, 5.41) is 7.36. The van der Waals surface area contributed by atoms with Crippen LogP contribution in [0.2, 0.25) is 0 Å². The van der Waals surface area contributed by atoms with E-state index in [-0.39, 0.29) is 30.1 Å². The third-order valence-electron chi connectivity index (χ3n) is 4.22. The molecule has 0 aliphatic heterocycles. The highest BCUT2D eigenvalue weighted by Crippen LogP contribution is 2.36. The van der Waals surface area contributed by atoms with Crippen molar-refractivity contribution < 1.29 is 8.78 Å². The second kappa shape index (κ2) is 5.50. The van der Waals surface area contributed by atoms with Crippen molar-refractivity contribution in [3.63, 3.8) is 0 Å². The summed E-state index contributed by atoms with van der Waals surface area (Å²) < 4.78 is 28.3. The number of hydrogen-bond acceptors (Lipinski definition) is 5. The maximum atomic E-state index is 13.4. The maximum absolute atomic E-state index is 13.4. The van der Waals surface area contributed by atoms with Crippen molar-refractivity contribution in [3.05, 3.63) is 45.5 Å². The number of hydrogen-bond donors (Lipinski definition) is 3. The summed E-state index contributed by atoms with van der Waals surface area (Å²) >= 11 is 0. The number of H-pyrrole nitrogens is 2. The number of rotatable bonds is 3. The molecule has 1 atom stereocenters. The third-order valence-corrected chi connectivity index (χ3v) is 4.22. The van der Waals surface area contributed by atoms with E-state index in [9.17, 15) is 18.4 Å². The van der Waals surface area contributed by atoms with Crippen molar-refractivity contribution in [3.8, 4) is 11.3 Å². The van der Waals surface area contributed by atoms with Crippen LogP contribution < -0.4 is 16.6 Å². The number of aromatic nitrogens is 5. The van der Waals surface area contributed by atoms with E-state index in [0.717, 1.165) is 0 Å². The number of nitrogens with zero attached hydrogens (tertiary/aromatic N) is 3. The van der Waals surface area contributed by atoms with Gasteiger partial charge in [0.25, 0.3) is 5.56 Å². The van der Waals surface area contributed by atoms with Gasteiger partial charge in [-0.2, -0.15) is 5.10 Å². The number of anilines is 1. The largest absolute Gasteiger partial charge is 0.379 e. The highest BCUT2D eigenvalue weighted by Gasteiger charge is 2.39. The summed E-state index contributed by atoms with van der Waals surface area (Å²) in [5.41, 5.74) is 0.214. The Hall–Kier alpha value is -3.04. The molecule has 1 aliphatic carbocycles. The first-order valence-corrected chi connectivity index (χ1v) is 7.72. The zero-order chi connectivity index (χ0) is 17.6. The second-order valence-corrected chi connectivity index (χ2v) is 6.06. The molecular formula is C15H14F2N6O2. The van der Waals surface area contributed by atoms with Gasteiger partial charge in [-0.1, -0.05) is 0 Å². The molecular weight excluding hydrogens is 334 g/mol. The molecule has 3 N–H and O–H groups in total. The number of nitrogens with one attached hydrogen (secondary N) is 3. The molecule has 1 fully saturated rings. The van der Waals surface area contributed by atoms with Gasteiger partial charge in [-0.15, -0.1) is 0 Å². The Morgan fingerprint density at radius 2 is 2.20 bits per heavy atom. The van der Waals surface area contributed by atoms with Crippen LogP contribution in [0, 0.1) is 0 Å². The fourth-order valence-electron chi connectivity index (χ4n) is 3.05. The van der Waals surface area contributed by atoms with Crippen LogP contribution in [0.15, 0.2) is 34.2 Å². The van der Waals surface area contributed by atoms with Crippen molar-refractivity contribution >= 4 is 11.3 Å². The van der Waals surface area contributed by atoms with Crippen LogP contribution in [0.3, 0.4) is 0 Å². The van der Waals surface area contributed by atoms with E-state index >= 15 is 0 Å². The van der Waals surface area contributed by atoms with Gasteiger partial charge in [-0.25, -0.2) is 23.1 Å². The molecule has 0 radical (unpaired) electrons. The van der Waals surface area contributed by atoms with Crippen LogP contribution in [-0.2, 0) is 0 Å². The standard InChI is InChI=1S/C15H14F2N6O2/c16-15(17)2-1-8(6-15)20-11-5-10(22-23-4-3-18-12(11)23)9-7-19-14(25)21-13(9)24/h3-5,7-8,20H,1-2,6H2,(H2,19,21,24,25). The minimum atomic E-state index is -2.67. The lowest BCUT2D eigenvalue weighted by Gasteiger charge is -2.15. The van der Waals surface area contributed by atoms with Gasteiger partial charge in [-0.3, -0.25) is 9.78 Å². The van der Waals surface area contributed by atoms with Crippen molar-refractivity contribution in [1.29, 1.82) is 0 Å². The van der Waals surface area contributed by atoms with Gasteiger partial charge >= 0.3 is 5.69 Å². The van der Waals surface area contributed by atoms with Crippen LogP contribution >= 0.6 is 0 Å². The van der Waals surface area contributed by atoms with Gasteiger partial charge < -0.3 is 10.3 Å². The molecule has 4 rings (SSSR count). The lowest BCUT2D eigenvalue weighted by atomic mass is 10.2. The Bertz CT molecular complexity index is 1050. The van der Waals surface area contributed by atoms with Crippen LogP contribution in [0.4, 0.5) is 14.5 Å². The SMILES string of the molecule is O=c1[nH]cc(-c2cc(NC3CCC(F)(F)C3)c3nccn3n2)c(=O)[nH]1. The van der Waals surface area contributed by atoms with Crippen LogP contribution in [0.25, 0.3) is 16.9 Å². The van der Waals surface area contributed by atoms with Crippen LogP contribution in [-0.4, -0.2) is 36.5 Å². The topological polar surface area (TPSA) is 108 Å². The molecule has 8 nitrogen and oxygen atoms in total. The summed E-state index contributed by atoms with van der Waals surface area (Å²) in [6, 6.07) is 1.18. The van der Waals surface area contributed by atoms with Gasteiger partial charge in [-0.05, 0) is 12.5 Å². The highest BCUT2D eigenvalue weighted by atomic mass is 19.3. The van der Waals surface area contributed by atoms with Gasteiger partial charge in [0.15, 0.2) is 5.65 Å². The first kappa shape index (κ1) is 15.5. The second-order valence-electron chi connectivity index (χ2n) is 6.06. The molecule has 0 saturated heterocycles. The highest BCUT2D eigenvalue weighted by molar-refractivity contribution is 5.73. The van der Waals surface area contributed by atoms with E-state index in [1.807, 2.05) is 0 Å². The average Bonchev–Trinajstić information content (AvgIpc) is 3.13. The molecule has 0 spiro atoms. The zero-order valence-electron chi connectivity index (χ0n) is 12.9. The lowest BCUT2D eigenvalue weighted by Crippen LogP contribution is -2.23. The first-order valence-electron chi connectivity index (χ1n) is 7.72. The van der Waals surface area contributed by atoms with Crippen molar-refractivity contribution in [2.24, 2.45) is 0 Å². The Labute approximate surface area is 138 Å². The molecule has 3 heterocycles. The van der Waals surface area contributed by atoms with E-state index < -0.39 is 17.2 Å². The minimum Gasteiger partial charge on any atom is -0.379 e. The maximum Gasteiger partial charge on any atom is 0.325 e. The predicted molar refractivity (Wildman–Crippen MR) is 85.9 cm³/mol. The van der Waals surface area contributed by atoms with Gasteiger partial charge in [0, 0.05) is 37.5 Å². The average molecular weight is 348 g/mol. The Balaban J connectivity index is 1.77. The molecule has 3 aromatic heterocycles. The molecule has 25 heavy (non-hydrogen) atoms. The molecule has 1 saturated carbocycles. The molecule has 0 amide bonds. The fourth-order valence-corrected chi connectivity index (χ4v) is 3.05. The summed E-state index contributed by atoms with van der Waals surface area (Å²) in [6.07, 6.45) is 4.31. The smallest absolute Gasteiger partial charge is 0.325 e. The monoisotopic (exact) mass is 348 g/mol.